The average Bonchev–Trinajstić information content (AvgIpc) is 3.71. The fourth-order valence-electron chi connectivity index (χ4n) is 5.08. The highest BCUT2D eigenvalue weighted by atomic mass is 35.5. The van der Waals surface area contributed by atoms with Gasteiger partial charge in [0.15, 0.2) is 5.76 Å². The number of halogens is 1. The third-order valence-electron chi connectivity index (χ3n) is 7.53. The Labute approximate surface area is 236 Å². The predicted octanol–water partition coefficient (Wildman–Crippen LogP) is 8.85. The van der Waals surface area contributed by atoms with Gasteiger partial charge in [-0.3, -0.25) is 10.1 Å². The zero-order valence-electron chi connectivity index (χ0n) is 21.7. The van der Waals surface area contributed by atoms with E-state index in [-0.39, 0.29) is 0 Å². The molecule has 6 nitrogen and oxygen atoms in total. The first kappa shape index (κ1) is 25.7. The second-order valence-corrected chi connectivity index (χ2v) is 10.4. The largest absolute Gasteiger partial charge is 0.481 e. The summed E-state index contributed by atoms with van der Waals surface area (Å²) in [6, 6.07) is 30.3. The van der Waals surface area contributed by atoms with E-state index in [4.69, 9.17) is 20.8 Å². The second kappa shape index (κ2) is 10.2. The molecule has 1 atom stereocenters. The summed E-state index contributed by atoms with van der Waals surface area (Å²) in [6.07, 6.45) is 0.186. The molecule has 1 aromatic heterocycles. The smallest absolute Gasteiger partial charge is 0.412 e. The number of carboxylic acids is 1. The van der Waals surface area contributed by atoms with E-state index < -0.39 is 23.6 Å². The fourth-order valence-corrected chi connectivity index (χ4v) is 5.37. The van der Waals surface area contributed by atoms with Crippen molar-refractivity contribution in [3.05, 3.63) is 113 Å². The molecule has 2 N–H and O–H groups in total. The Morgan fingerprint density at radius 3 is 2.12 bits per heavy atom. The Morgan fingerprint density at radius 1 is 0.875 bits per heavy atom. The van der Waals surface area contributed by atoms with Gasteiger partial charge in [0.2, 0.25) is 0 Å². The van der Waals surface area contributed by atoms with Gasteiger partial charge in [-0.05, 0) is 54.7 Å². The number of rotatable bonds is 7. The van der Waals surface area contributed by atoms with Crippen LogP contribution in [0.15, 0.2) is 101 Å². The van der Waals surface area contributed by atoms with Crippen LogP contribution in [-0.4, -0.2) is 17.2 Å². The van der Waals surface area contributed by atoms with Crippen LogP contribution >= 0.6 is 11.6 Å². The Hall–Kier alpha value is -4.55. The minimum Gasteiger partial charge on any atom is -0.481 e. The highest BCUT2D eigenvalue weighted by molar-refractivity contribution is 6.31. The number of benzene rings is 4. The summed E-state index contributed by atoms with van der Waals surface area (Å²) in [5, 5.41) is 13.7. The lowest BCUT2D eigenvalue weighted by Crippen LogP contribution is -2.19. The number of carbonyl (C=O) groups is 2. The minimum absolute atomic E-state index is 0.516. The summed E-state index contributed by atoms with van der Waals surface area (Å²) in [6.45, 7) is 1.77. The van der Waals surface area contributed by atoms with Gasteiger partial charge >= 0.3 is 12.1 Å². The van der Waals surface area contributed by atoms with Gasteiger partial charge in [0.1, 0.15) is 11.7 Å². The van der Waals surface area contributed by atoms with E-state index >= 15 is 0 Å². The molecule has 5 aromatic rings. The van der Waals surface area contributed by atoms with Gasteiger partial charge in [-0.1, -0.05) is 90.5 Å². The van der Waals surface area contributed by atoms with Crippen LogP contribution in [0.25, 0.3) is 33.4 Å². The van der Waals surface area contributed by atoms with Crippen LogP contribution in [0, 0.1) is 0 Å². The van der Waals surface area contributed by atoms with Crippen molar-refractivity contribution in [1.29, 1.82) is 0 Å². The number of carboxylic acid groups (broad SMARTS) is 1. The van der Waals surface area contributed by atoms with Crippen LogP contribution in [0.3, 0.4) is 0 Å². The molecule has 0 unspecified atom stereocenters. The number of ether oxygens (including phenoxy) is 1. The summed E-state index contributed by atoms with van der Waals surface area (Å²) in [5.74, 6) is -0.246. The van der Waals surface area contributed by atoms with Gasteiger partial charge in [0, 0.05) is 21.5 Å². The maximum atomic E-state index is 13.0. The van der Waals surface area contributed by atoms with E-state index in [0.717, 1.165) is 33.2 Å². The van der Waals surface area contributed by atoms with Gasteiger partial charge in [-0.25, -0.2) is 4.79 Å². The molecular formula is C33H26ClNO5. The lowest BCUT2D eigenvalue weighted by molar-refractivity contribution is -0.140. The molecule has 40 heavy (non-hydrogen) atoms. The van der Waals surface area contributed by atoms with Crippen LogP contribution in [0.1, 0.15) is 37.0 Å². The zero-order chi connectivity index (χ0) is 27.9. The molecule has 1 heterocycles. The van der Waals surface area contributed by atoms with E-state index in [1.54, 1.807) is 13.0 Å². The second-order valence-electron chi connectivity index (χ2n) is 10.0. The first-order valence-corrected chi connectivity index (χ1v) is 13.4. The van der Waals surface area contributed by atoms with Crippen LogP contribution in [0.5, 0.6) is 0 Å². The predicted molar refractivity (Wildman–Crippen MR) is 156 cm³/mol. The topological polar surface area (TPSA) is 88.8 Å². The molecule has 6 rings (SSSR count). The van der Waals surface area contributed by atoms with Crippen molar-refractivity contribution >= 4 is 40.3 Å². The molecule has 1 saturated carbocycles. The quantitative estimate of drug-likeness (QED) is 0.211. The standard InChI is InChI=1S/C33H26ClNO5/c1-20(25-6-2-4-8-27(25)34)39-32(38)35-29-26-7-3-5-9-28(26)40-30(29)23-12-10-21(11-13-23)22-14-16-24(17-15-22)33(18-19-33)31(36)37/h2-17,20H,18-19H2,1H3,(H,35,38)(H,36,37)/t20-/m1/s1. The van der Waals surface area contributed by atoms with E-state index in [1.807, 2.05) is 91.0 Å². The molecule has 1 amide bonds. The van der Waals surface area contributed by atoms with Crippen molar-refractivity contribution < 1.29 is 23.8 Å². The number of furan rings is 1. The number of carbonyl (C=O) groups excluding carboxylic acids is 1. The molecule has 0 spiro atoms. The van der Waals surface area contributed by atoms with Gasteiger partial charge < -0.3 is 14.3 Å². The van der Waals surface area contributed by atoms with Crippen molar-refractivity contribution in [2.75, 3.05) is 5.32 Å². The van der Waals surface area contributed by atoms with Crippen molar-refractivity contribution in [1.82, 2.24) is 0 Å². The van der Waals surface area contributed by atoms with Crippen molar-refractivity contribution in [3.63, 3.8) is 0 Å². The van der Waals surface area contributed by atoms with Gasteiger partial charge in [0.25, 0.3) is 0 Å². The molecule has 4 aromatic carbocycles. The molecule has 0 radical (unpaired) electrons. The maximum absolute atomic E-state index is 13.0. The highest BCUT2D eigenvalue weighted by Gasteiger charge is 2.51. The molecule has 1 aliphatic carbocycles. The number of anilines is 1. The minimum atomic E-state index is -0.762. The molecular weight excluding hydrogens is 526 g/mol. The van der Waals surface area contributed by atoms with Crippen LogP contribution in [0.4, 0.5) is 10.5 Å². The van der Waals surface area contributed by atoms with Crippen molar-refractivity contribution in [2.45, 2.75) is 31.3 Å². The maximum Gasteiger partial charge on any atom is 0.412 e. The Bertz CT molecular complexity index is 1720. The average molecular weight is 552 g/mol. The molecule has 0 bridgehead atoms. The molecule has 7 heteroatoms. The highest BCUT2D eigenvalue weighted by Crippen LogP contribution is 2.48. The van der Waals surface area contributed by atoms with Gasteiger partial charge in [0.05, 0.1) is 11.1 Å². The molecule has 200 valence electrons. The van der Waals surface area contributed by atoms with Gasteiger partial charge in [-0.15, -0.1) is 0 Å². The lowest BCUT2D eigenvalue weighted by Gasteiger charge is -2.15. The third kappa shape index (κ3) is 4.71. The summed E-state index contributed by atoms with van der Waals surface area (Å²) in [5.41, 5.74) is 4.75. The lowest BCUT2D eigenvalue weighted by atomic mass is 9.93. The zero-order valence-corrected chi connectivity index (χ0v) is 22.4. The number of para-hydroxylation sites is 1. The van der Waals surface area contributed by atoms with E-state index in [1.165, 1.54) is 0 Å². The summed E-state index contributed by atoms with van der Waals surface area (Å²) >= 11 is 6.28. The van der Waals surface area contributed by atoms with Gasteiger partial charge in [-0.2, -0.15) is 0 Å². The number of fused-ring (bicyclic) bond motifs is 1. The SMILES string of the molecule is C[C@@H](OC(=O)Nc1c(-c2ccc(-c3ccc(C4(C(=O)O)CC4)cc3)cc2)oc2ccccc12)c1ccccc1Cl. The summed E-state index contributed by atoms with van der Waals surface area (Å²) in [4.78, 5) is 24.6. The summed E-state index contributed by atoms with van der Waals surface area (Å²) < 4.78 is 11.8. The number of nitrogens with one attached hydrogen (secondary N) is 1. The number of aliphatic carboxylic acids is 1. The molecule has 1 aliphatic rings. The van der Waals surface area contributed by atoms with E-state index in [2.05, 4.69) is 5.32 Å². The van der Waals surface area contributed by atoms with E-state index in [0.29, 0.717) is 34.9 Å². The molecule has 0 saturated heterocycles. The number of amides is 1. The van der Waals surface area contributed by atoms with Crippen LogP contribution in [-0.2, 0) is 14.9 Å². The number of hydrogen-bond donors (Lipinski definition) is 2. The van der Waals surface area contributed by atoms with Crippen LogP contribution < -0.4 is 5.32 Å². The van der Waals surface area contributed by atoms with E-state index in [9.17, 15) is 14.7 Å². The van der Waals surface area contributed by atoms with Crippen molar-refractivity contribution in [2.24, 2.45) is 0 Å². The monoisotopic (exact) mass is 551 g/mol. The summed E-state index contributed by atoms with van der Waals surface area (Å²) in [7, 11) is 0. The van der Waals surface area contributed by atoms with Crippen LogP contribution in [0.2, 0.25) is 5.02 Å². The Kier molecular flexibility index (Phi) is 6.56. The first-order valence-electron chi connectivity index (χ1n) is 13.0. The Balaban J connectivity index is 1.25. The normalized spacial score (nSPS) is 14.4. The molecule has 0 aliphatic heterocycles. The first-order chi connectivity index (χ1) is 19.4. The third-order valence-corrected chi connectivity index (χ3v) is 7.87. The van der Waals surface area contributed by atoms with Crippen molar-refractivity contribution in [3.8, 4) is 22.5 Å². The fraction of sp³-hybridized carbons (Fsp3) is 0.152. The Morgan fingerprint density at radius 2 is 1.48 bits per heavy atom. The number of hydrogen-bond acceptors (Lipinski definition) is 4. The molecule has 1 fully saturated rings.